The van der Waals surface area contributed by atoms with Gasteiger partial charge in [-0.25, -0.2) is 4.39 Å². The Morgan fingerprint density at radius 3 is 2.41 bits per heavy atom. The first-order chi connectivity index (χ1) is 19.6. The second kappa shape index (κ2) is 11.5. The highest BCUT2D eigenvalue weighted by Crippen LogP contribution is 2.49. The molecule has 1 aromatic rings. The van der Waals surface area contributed by atoms with Gasteiger partial charge in [0.05, 0.1) is 42.6 Å². The molecule has 0 saturated heterocycles. The van der Waals surface area contributed by atoms with Crippen molar-refractivity contribution in [2.24, 2.45) is 28.6 Å². The molecule has 4 fully saturated rings. The first-order valence-corrected chi connectivity index (χ1v) is 14.8. The van der Waals surface area contributed by atoms with Gasteiger partial charge in [0.15, 0.2) is 11.6 Å². The van der Waals surface area contributed by atoms with E-state index in [2.05, 4.69) is 17.6 Å². The van der Waals surface area contributed by atoms with E-state index in [1.165, 1.54) is 19.6 Å². The number of nitrogens with zero attached hydrogens (tertiary/aromatic N) is 1. The molecule has 0 aromatic heterocycles. The van der Waals surface area contributed by atoms with Crippen molar-refractivity contribution in [3.05, 3.63) is 23.5 Å². The van der Waals surface area contributed by atoms with Crippen LogP contribution in [-0.2, 0) is 9.59 Å². The van der Waals surface area contributed by atoms with Gasteiger partial charge in [0.1, 0.15) is 5.75 Å². The van der Waals surface area contributed by atoms with Crippen molar-refractivity contribution in [3.63, 3.8) is 0 Å². The molecule has 4 unspecified atom stereocenters. The maximum absolute atomic E-state index is 15.0. The number of ether oxygens (including phenoxy) is 2. The number of methoxy groups -OCH3 is 1. The molecule has 0 aliphatic heterocycles. The highest BCUT2D eigenvalue weighted by atomic mass is 19.1. The quantitative estimate of drug-likeness (QED) is 0.375. The molecule has 222 valence electrons. The number of carbonyl (C=O) groups excluding carboxylic acids is 2. The Morgan fingerprint density at radius 2 is 1.80 bits per heavy atom. The van der Waals surface area contributed by atoms with Gasteiger partial charge in [-0.15, -0.1) is 0 Å². The number of hydrogen-bond acceptors (Lipinski definition) is 6. The number of nitriles is 1. The van der Waals surface area contributed by atoms with E-state index < -0.39 is 29.2 Å². The van der Waals surface area contributed by atoms with Crippen LogP contribution in [0.3, 0.4) is 0 Å². The highest BCUT2D eigenvalue weighted by Gasteiger charge is 2.52. The van der Waals surface area contributed by atoms with Crippen molar-refractivity contribution < 1.29 is 33.4 Å². The number of fused-ring (bicyclic) bond motifs is 2. The number of rotatable bonds is 10. The molecule has 3 N–H and O–H groups in total. The van der Waals surface area contributed by atoms with E-state index in [0.29, 0.717) is 19.4 Å². The number of aliphatic carboxylic acids is 1. The summed E-state index contributed by atoms with van der Waals surface area (Å²) in [6.45, 7) is 2.84. The molecule has 0 radical (unpaired) electrons. The smallest absolute Gasteiger partial charge is 0.310 e. The van der Waals surface area contributed by atoms with Crippen LogP contribution >= 0.6 is 0 Å². The lowest BCUT2D eigenvalue weighted by Crippen LogP contribution is -2.51. The molecule has 0 heterocycles. The maximum atomic E-state index is 15.0. The Bertz CT molecular complexity index is 1230. The van der Waals surface area contributed by atoms with Crippen LogP contribution in [0.2, 0.25) is 0 Å². The molecule has 4 atom stereocenters. The summed E-state index contributed by atoms with van der Waals surface area (Å²) in [7, 11) is 1.36. The Labute approximate surface area is 240 Å². The fourth-order valence-corrected chi connectivity index (χ4v) is 7.51. The summed E-state index contributed by atoms with van der Waals surface area (Å²) in [5, 5.41) is 25.0. The van der Waals surface area contributed by atoms with E-state index in [1.807, 2.05) is 6.07 Å². The molecule has 4 aliphatic carbocycles. The van der Waals surface area contributed by atoms with Gasteiger partial charge in [0.2, 0.25) is 5.91 Å². The number of amides is 2. The Morgan fingerprint density at radius 1 is 1.10 bits per heavy atom. The summed E-state index contributed by atoms with van der Waals surface area (Å²) in [5.74, 6) is -2.03. The molecule has 10 heteroatoms. The zero-order valence-electron chi connectivity index (χ0n) is 23.8. The van der Waals surface area contributed by atoms with Crippen LogP contribution in [0.25, 0.3) is 0 Å². The lowest BCUT2D eigenvalue weighted by atomic mass is 9.70. The maximum Gasteiger partial charge on any atom is 0.310 e. The van der Waals surface area contributed by atoms with E-state index in [0.717, 1.165) is 38.2 Å². The molecule has 41 heavy (non-hydrogen) atoms. The van der Waals surface area contributed by atoms with Crippen molar-refractivity contribution in [2.45, 2.75) is 89.7 Å². The standard InChI is InChI=1S/C31H40FN3O6/c1-30(8-3-9-30)17-34-28(37)25-18-4-5-19(14-18)26(25)35-27(36)21-15-24(22(32)16-23(21)40-2)41-20-6-10-31(11-7-20,12-13-33)29(38)39/h15-16,18-20,25-26H,3-12,14,17H2,1-2H3,(H,34,37)(H,35,36)(H,38,39). The van der Waals surface area contributed by atoms with Crippen LogP contribution in [0, 0.1) is 45.7 Å². The van der Waals surface area contributed by atoms with Crippen LogP contribution in [0.4, 0.5) is 4.39 Å². The van der Waals surface area contributed by atoms with Gasteiger partial charge < -0.3 is 25.2 Å². The summed E-state index contributed by atoms with van der Waals surface area (Å²) >= 11 is 0. The highest BCUT2D eigenvalue weighted by molar-refractivity contribution is 5.98. The molecular formula is C31H40FN3O6. The Hall–Kier alpha value is -3.35. The number of benzene rings is 1. The number of carbonyl (C=O) groups is 3. The van der Waals surface area contributed by atoms with E-state index >= 15 is 4.39 Å². The van der Waals surface area contributed by atoms with Crippen LogP contribution in [0.1, 0.15) is 87.9 Å². The lowest BCUT2D eigenvalue weighted by Gasteiger charge is -2.39. The largest absolute Gasteiger partial charge is 0.496 e. The van der Waals surface area contributed by atoms with Gasteiger partial charge in [-0.3, -0.25) is 14.4 Å². The fraction of sp³-hybridized carbons (Fsp3) is 0.677. The van der Waals surface area contributed by atoms with Crippen LogP contribution in [0.5, 0.6) is 11.5 Å². The van der Waals surface area contributed by atoms with Crippen molar-refractivity contribution in [2.75, 3.05) is 13.7 Å². The Balaban J connectivity index is 1.28. The minimum Gasteiger partial charge on any atom is -0.496 e. The average Bonchev–Trinajstić information content (AvgIpc) is 3.54. The summed E-state index contributed by atoms with van der Waals surface area (Å²) in [4.78, 5) is 38.7. The molecule has 2 bridgehead atoms. The second-order valence-electron chi connectivity index (χ2n) is 13.0. The molecule has 2 amide bonds. The minimum absolute atomic E-state index is 0.00292. The molecular weight excluding hydrogens is 529 g/mol. The van der Waals surface area contributed by atoms with E-state index in [9.17, 15) is 19.5 Å². The zero-order valence-corrected chi connectivity index (χ0v) is 23.8. The number of halogens is 1. The van der Waals surface area contributed by atoms with Crippen LogP contribution < -0.4 is 20.1 Å². The molecule has 5 rings (SSSR count). The van der Waals surface area contributed by atoms with Crippen molar-refractivity contribution in [1.29, 1.82) is 5.26 Å². The molecule has 9 nitrogen and oxygen atoms in total. The van der Waals surface area contributed by atoms with E-state index in [1.54, 1.807) is 0 Å². The number of hydrogen-bond donors (Lipinski definition) is 3. The Kier molecular flexibility index (Phi) is 8.18. The van der Waals surface area contributed by atoms with Gasteiger partial charge >= 0.3 is 5.97 Å². The molecule has 1 aromatic carbocycles. The SMILES string of the molecule is COc1cc(F)c(OC2CCC(CC#N)(C(=O)O)CC2)cc1C(=O)NC1C2CCC(C2)C1C(=O)NCC1(C)CCC1. The van der Waals surface area contributed by atoms with E-state index in [-0.39, 0.29) is 71.4 Å². The van der Waals surface area contributed by atoms with Crippen molar-refractivity contribution >= 4 is 17.8 Å². The third kappa shape index (κ3) is 5.73. The number of carboxylic acids is 1. The summed E-state index contributed by atoms with van der Waals surface area (Å²) in [6.07, 6.45) is 6.91. The van der Waals surface area contributed by atoms with Crippen LogP contribution in [0.15, 0.2) is 12.1 Å². The summed E-state index contributed by atoms with van der Waals surface area (Å²) < 4.78 is 26.3. The van der Waals surface area contributed by atoms with Gasteiger partial charge in [-0.05, 0) is 81.1 Å². The fourth-order valence-electron chi connectivity index (χ4n) is 7.51. The van der Waals surface area contributed by atoms with Gasteiger partial charge in [0.25, 0.3) is 5.91 Å². The van der Waals surface area contributed by atoms with Gasteiger partial charge in [-0.1, -0.05) is 13.3 Å². The second-order valence-corrected chi connectivity index (χ2v) is 13.0. The first-order valence-electron chi connectivity index (χ1n) is 14.8. The minimum atomic E-state index is -1.11. The first kappa shape index (κ1) is 29.2. The number of nitrogens with one attached hydrogen (secondary N) is 2. The van der Waals surface area contributed by atoms with Crippen molar-refractivity contribution in [3.8, 4) is 17.6 Å². The lowest BCUT2D eigenvalue weighted by molar-refractivity contribution is -0.151. The topological polar surface area (TPSA) is 138 Å². The monoisotopic (exact) mass is 569 g/mol. The average molecular weight is 570 g/mol. The third-order valence-corrected chi connectivity index (χ3v) is 10.3. The summed E-state index contributed by atoms with van der Waals surface area (Å²) in [6, 6.07) is 4.11. The van der Waals surface area contributed by atoms with Gasteiger partial charge in [-0.2, -0.15) is 5.26 Å². The van der Waals surface area contributed by atoms with Crippen LogP contribution in [-0.4, -0.2) is 48.7 Å². The molecule has 0 spiro atoms. The molecule has 4 saturated carbocycles. The predicted octanol–water partition coefficient (Wildman–Crippen LogP) is 4.59. The normalized spacial score (nSPS) is 31.4. The predicted molar refractivity (Wildman–Crippen MR) is 147 cm³/mol. The van der Waals surface area contributed by atoms with Crippen molar-refractivity contribution in [1.82, 2.24) is 10.6 Å². The third-order valence-electron chi connectivity index (χ3n) is 10.3. The zero-order chi connectivity index (χ0) is 29.4. The van der Waals surface area contributed by atoms with Gasteiger partial charge in [0, 0.05) is 18.7 Å². The molecule has 4 aliphatic rings. The van der Waals surface area contributed by atoms with E-state index in [4.69, 9.17) is 14.7 Å². The summed E-state index contributed by atoms with van der Waals surface area (Å²) in [5.41, 5.74) is -0.836. The number of carboxylic acid groups (broad SMARTS) is 1.